The number of hydrogen-bond acceptors (Lipinski definition) is 6. The number of hydrogen-bond donors (Lipinski definition) is 0. The van der Waals surface area contributed by atoms with Gasteiger partial charge >= 0.3 is 0 Å². The molecule has 4 rings (SSSR count). The fraction of sp³-hybridized carbons (Fsp3) is 0.400. The second kappa shape index (κ2) is 10.8. The average molecular weight is 473 g/mol. The number of nitrogens with zero attached hydrogens (tertiary/aromatic N) is 2. The van der Waals surface area contributed by atoms with Crippen molar-refractivity contribution in [3.8, 4) is 23.0 Å². The van der Waals surface area contributed by atoms with E-state index < -0.39 is 0 Å². The van der Waals surface area contributed by atoms with Crippen LogP contribution in [0.5, 0.6) is 23.0 Å². The molecule has 0 N–H and O–H groups in total. The first-order chi connectivity index (χ1) is 16.1. The molecule has 176 valence electrons. The van der Waals surface area contributed by atoms with Crippen LogP contribution in [0.2, 0.25) is 5.02 Å². The van der Waals surface area contributed by atoms with Crippen molar-refractivity contribution in [2.24, 2.45) is 0 Å². The summed E-state index contributed by atoms with van der Waals surface area (Å²) in [5, 5.41) is 0.465. The molecule has 7 nitrogen and oxygen atoms in total. The van der Waals surface area contributed by atoms with E-state index in [-0.39, 0.29) is 12.7 Å². The van der Waals surface area contributed by atoms with Crippen LogP contribution in [0.4, 0.5) is 0 Å². The number of benzene rings is 2. The third-order valence-electron chi connectivity index (χ3n) is 5.65. The molecule has 0 bridgehead atoms. The Balaban J connectivity index is 1.31. The highest BCUT2D eigenvalue weighted by Gasteiger charge is 2.21. The van der Waals surface area contributed by atoms with E-state index in [0.717, 1.165) is 43.1 Å². The maximum absolute atomic E-state index is 12.7. The molecular weight excluding hydrogens is 444 g/mol. The van der Waals surface area contributed by atoms with E-state index >= 15 is 0 Å². The smallest absolute Gasteiger partial charge is 0.246 e. The van der Waals surface area contributed by atoms with Crippen molar-refractivity contribution < 1.29 is 23.7 Å². The summed E-state index contributed by atoms with van der Waals surface area (Å²) >= 11 is 6.37. The normalized spacial score (nSPS) is 15.8. The van der Waals surface area contributed by atoms with Crippen LogP contribution in [0.3, 0.4) is 0 Å². The van der Waals surface area contributed by atoms with E-state index in [1.807, 2.05) is 30.0 Å². The van der Waals surface area contributed by atoms with Gasteiger partial charge in [-0.15, -0.1) is 0 Å². The molecule has 0 saturated carbocycles. The van der Waals surface area contributed by atoms with Crippen molar-refractivity contribution >= 4 is 23.6 Å². The SMILES string of the molecule is CCCOc1c(Cl)cc(/C=C/C(=O)N2CCN(Cc3ccc4c(c3)OCO4)CC2)cc1OC. The minimum absolute atomic E-state index is 0.0147. The highest BCUT2D eigenvalue weighted by atomic mass is 35.5. The Morgan fingerprint density at radius 1 is 1.12 bits per heavy atom. The number of halogens is 1. The zero-order chi connectivity index (χ0) is 23.2. The Hall–Kier alpha value is -2.90. The van der Waals surface area contributed by atoms with Crippen LogP contribution in [0, 0.1) is 0 Å². The zero-order valence-corrected chi connectivity index (χ0v) is 19.8. The first kappa shape index (κ1) is 23.3. The largest absolute Gasteiger partial charge is 0.493 e. The van der Waals surface area contributed by atoms with Gasteiger partial charge in [0.1, 0.15) is 0 Å². The van der Waals surface area contributed by atoms with Gasteiger partial charge in [-0.1, -0.05) is 24.6 Å². The van der Waals surface area contributed by atoms with Crippen molar-refractivity contribution in [1.82, 2.24) is 9.80 Å². The van der Waals surface area contributed by atoms with Crippen LogP contribution >= 0.6 is 11.6 Å². The van der Waals surface area contributed by atoms with Crippen LogP contribution in [0.25, 0.3) is 6.08 Å². The predicted octanol–water partition coefficient (Wildman–Crippen LogP) is 4.22. The molecule has 2 aromatic carbocycles. The molecule has 0 atom stereocenters. The van der Waals surface area contributed by atoms with Gasteiger partial charge < -0.3 is 23.8 Å². The van der Waals surface area contributed by atoms with E-state index in [0.29, 0.717) is 36.2 Å². The topological polar surface area (TPSA) is 60.5 Å². The Morgan fingerprint density at radius 2 is 1.91 bits per heavy atom. The molecule has 0 unspecified atom stereocenters. The van der Waals surface area contributed by atoms with Gasteiger partial charge in [-0.3, -0.25) is 9.69 Å². The van der Waals surface area contributed by atoms with E-state index in [1.165, 1.54) is 5.56 Å². The molecule has 1 amide bonds. The van der Waals surface area contributed by atoms with Gasteiger partial charge in [-0.2, -0.15) is 0 Å². The van der Waals surface area contributed by atoms with Crippen molar-refractivity contribution in [3.05, 3.63) is 52.6 Å². The summed E-state index contributed by atoms with van der Waals surface area (Å²) in [5.74, 6) is 2.67. The summed E-state index contributed by atoms with van der Waals surface area (Å²) in [4.78, 5) is 16.9. The van der Waals surface area contributed by atoms with Crippen LogP contribution in [-0.4, -0.2) is 62.4 Å². The summed E-state index contributed by atoms with van der Waals surface area (Å²) in [6.45, 7) is 6.68. The zero-order valence-electron chi connectivity index (χ0n) is 19.0. The van der Waals surface area contributed by atoms with Gasteiger partial charge in [0.05, 0.1) is 18.7 Å². The minimum atomic E-state index is -0.0147. The molecule has 0 spiro atoms. The molecule has 0 radical (unpaired) electrons. The number of ether oxygens (including phenoxy) is 4. The lowest BCUT2D eigenvalue weighted by Gasteiger charge is -2.34. The van der Waals surface area contributed by atoms with E-state index in [1.54, 1.807) is 25.3 Å². The fourth-order valence-corrected chi connectivity index (χ4v) is 4.15. The average Bonchev–Trinajstić information content (AvgIpc) is 3.30. The summed E-state index contributed by atoms with van der Waals surface area (Å²) < 4.78 is 21.9. The Morgan fingerprint density at radius 3 is 2.67 bits per heavy atom. The Bertz CT molecular complexity index is 1020. The first-order valence-electron chi connectivity index (χ1n) is 11.2. The molecule has 2 heterocycles. The predicted molar refractivity (Wildman–Crippen MR) is 127 cm³/mol. The molecular formula is C25H29ClN2O5. The van der Waals surface area contributed by atoms with E-state index in [4.69, 9.17) is 30.5 Å². The number of carbonyl (C=O) groups excluding carboxylic acids is 1. The van der Waals surface area contributed by atoms with Crippen LogP contribution in [0.15, 0.2) is 36.4 Å². The number of carbonyl (C=O) groups is 1. The van der Waals surface area contributed by atoms with E-state index in [9.17, 15) is 4.79 Å². The minimum Gasteiger partial charge on any atom is -0.493 e. The molecule has 8 heteroatoms. The summed E-state index contributed by atoms with van der Waals surface area (Å²) in [5.41, 5.74) is 1.96. The number of rotatable bonds is 8. The van der Waals surface area contributed by atoms with Crippen LogP contribution in [-0.2, 0) is 11.3 Å². The number of amides is 1. The maximum Gasteiger partial charge on any atom is 0.246 e. The highest BCUT2D eigenvalue weighted by molar-refractivity contribution is 6.32. The molecule has 33 heavy (non-hydrogen) atoms. The Labute approximate surface area is 199 Å². The molecule has 1 fully saturated rings. The summed E-state index contributed by atoms with van der Waals surface area (Å²) in [6.07, 6.45) is 4.23. The number of fused-ring (bicyclic) bond motifs is 1. The molecule has 2 aliphatic rings. The first-order valence-corrected chi connectivity index (χ1v) is 11.5. The van der Waals surface area contributed by atoms with Gasteiger partial charge in [0.25, 0.3) is 0 Å². The molecule has 1 saturated heterocycles. The van der Waals surface area contributed by atoms with Crippen molar-refractivity contribution in [3.63, 3.8) is 0 Å². The highest BCUT2D eigenvalue weighted by Crippen LogP contribution is 2.37. The fourth-order valence-electron chi connectivity index (χ4n) is 3.88. The van der Waals surface area contributed by atoms with Crippen LogP contribution < -0.4 is 18.9 Å². The lowest BCUT2D eigenvalue weighted by atomic mass is 10.1. The van der Waals surface area contributed by atoms with E-state index in [2.05, 4.69) is 11.0 Å². The van der Waals surface area contributed by atoms with Crippen molar-refractivity contribution in [2.45, 2.75) is 19.9 Å². The van der Waals surface area contributed by atoms with Gasteiger partial charge in [-0.05, 0) is 47.9 Å². The Kier molecular flexibility index (Phi) is 7.62. The molecule has 0 aromatic heterocycles. The third-order valence-corrected chi connectivity index (χ3v) is 5.93. The lowest BCUT2D eigenvalue weighted by molar-refractivity contribution is -0.127. The number of piperazine rings is 1. The van der Waals surface area contributed by atoms with Crippen molar-refractivity contribution in [2.75, 3.05) is 46.7 Å². The maximum atomic E-state index is 12.7. The summed E-state index contributed by atoms with van der Waals surface area (Å²) in [6, 6.07) is 9.64. The number of methoxy groups -OCH3 is 1. The quantitative estimate of drug-likeness (QED) is 0.536. The lowest BCUT2D eigenvalue weighted by Crippen LogP contribution is -2.47. The third kappa shape index (κ3) is 5.72. The van der Waals surface area contributed by atoms with Gasteiger partial charge in [0, 0.05) is 38.8 Å². The molecule has 2 aromatic rings. The van der Waals surface area contributed by atoms with Crippen molar-refractivity contribution in [1.29, 1.82) is 0 Å². The molecule has 0 aliphatic carbocycles. The van der Waals surface area contributed by atoms with Gasteiger partial charge in [-0.25, -0.2) is 0 Å². The van der Waals surface area contributed by atoms with Crippen LogP contribution in [0.1, 0.15) is 24.5 Å². The molecule has 2 aliphatic heterocycles. The second-order valence-electron chi connectivity index (χ2n) is 8.00. The monoisotopic (exact) mass is 472 g/mol. The standard InChI is InChI=1S/C25H29ClN2O5/c1-3-12-31-25-20(26)13-18(14-23(25)30-2)5-7-24(29)28-10-8-27(9-11-28)16-19-4-6-21-22(15-19)33-17-32-21/h4-7,13-15H,3,8-12,16-17H2,1-2H3/b7-5+. The van der Waals surface area contributed by atoms with Gasteiger partial charge in [0.2, 0.25) is 12.7 Å². The summed E-state index contributed by atoms with van der Waals surface area (Å²) in [7, 11) is 1.58. The van der Waals surface area contributed by atoms with Gasteiger partial charge in [0.15, 0.2) is 23.0 Å². The second-order valence-corrected chi connectivity index (χ2v) is 8.41.